The van der Waals surface area contributed by atoms with Gasteiger partial charge in [-0.3, -0.25) is 0 Å². The topological polar surface area (TPSA) is 0 Å². The molecule has 0 saturated heterocycles. The Kier molecular flexibility index (Phi) is 20.0. The van der Waals surface area contributed by atoms with Crippen molar-refractivity contribution in [2.45, 2.75) is 39.0 Å². The number of rotatable bonds is 5. The van der Waals surface area contributed by atoms with Gasteiger partial charge in [-0.1, -0.05) is 39.0 Å². The third-order valence-electron chi connectivity index (χ3n) is 2.05. The molecule has 0 unspecified atom stereocenters. The molecule has 1 aromatic rings. The predicted octanol–water partition coefficient (Wildman–Crippen LogP) is -2.47. The summed E-state index contributed by atoms with van der Waals surface area (Å²) in [5.41, 5.74) is 1.50. The molecule has 0 aliphatic rings. The maximum atomic E-state index is 2.25. The van der Waals surface area contributed by atoms with E-state index in [1.54, 1.807) is 0 Å². The molecule has 1 radical (unpaired) electrons. The summed E-state index contributed by atoms with van der Waals surface area (Å²) in [5, 5.41) is 0. The molecule has 0 aromatic heterocycles. The van der Waals surface area contributed by atoms with E-state index < -0.39 is 0 Å². The minimum absolute atomic E-state index is 0. The Morgan fingerprint density at radius 1 is 1.14 bits per heavy atom. The quantitative estimate of drug-likeness (QED) is 0.418. The van der Waals surface area contributed by atoms with Gasteiger partial charge in [0.15, 0.2) is 0 Å². The van der Waals surface area contributed by atoms with Gasteiger partial charge in [0.05, 0.1) is 0 Å². The molecule has 0 N–H and O–H groups in total. The van der Waals surface area contributed by atoms with Gasteiger partial charge in [-0.05, 0) is 0 Å². The Labute approximate surface area is 119 Å². The molecule has 0 aliphatic heterocycles. The maximum Gasteiger partial charge on any atom is 3.00 e. The SMILES string of the molecule is CCCCCCc1cc[cH-]c1.[Cl-].[Cl-].[Zr+3]. The largest absolute Gasteiger partial charge is 3.00 e. The van der Waals surface area contributed by atoms with E-state index in [0.29, 0.717) is 0 Å². The summed E-state index contributed by atoms with van der Waals surface area (Å²) in [4.78, 5) is 0. The van der Waals surface area contributed by atoms with Gasteiger partial charge in [0, 0.05) is 0 Å². The first-order chi connectivity index (χ1) is 5.43. The van der Waals surface area contributed by atoms with Crippen molar-refractivity contribution >= 4 is 0 Å². The molecule has 0 saturated carbocycles. The van der Waals surface area contributed by atoms with Gasteiger partial charge >= 0.3 is 26.2 Å². The van der Waals surface area contributed by atoms with Crippen molar-refractivity contribution in [1.29, 1.82) is 0 Å². The van der Waals surface area contributed by atoms with E-state index in [0.717, 1.165) is 0 Å². The molecule has 0 nitrogen and oxygen atoms in total. The third kappa shape index (κ3) is 9.37. The van der Waals surface area contributed by atoms with Gasteiger partial charge in [-0.15, -0.1) is 0 Å². The normalized spacial score (nSPS) is 8.07. The van der Waals surface area contributed by atoms with Crippen molar-refractivity contribution < 1.29 is 51.0 Å². The van der Waals surface area contributed by atoms with Gasteiger partial charge in [0.2, 0.25) is 0 Å². The zero-order valence-electron chi connectivity index (χ0n) is 8.60. The maximum absolute atomic E-state index is 2.25. The van der Waals surface area contributed by atoms with Crippen molar-refractivity contribution in [2.75, 3.05) is 0 Å². The summed E-state index contributed by atoms with van der Waals surface area (Å²) in [6.07, 6.45) is 6.74. The first-order valence-corrected chi connectivity index (χ1v) is 4.64. The predicted molar refractivity (Wildman–Crippen MR) is 49.9 cm³/mol. The molecular formula is C11H17Cl2Zr. The van der Waals surface area contributed by atoms with Gasteiger partial charge < -0.3 is 24.8 Å². The Bertz CT molecular complexity index is 173. The summed E-state index contributed by atoms with van der Waals surface area (Å²) in [6, 6.07) is 8.67. The monoisotopic (exact) mass is 309 g/mol. The molecule has 14 heavy (non-hydrogen) atoms. The number of halogens is 2. The summed E-state index contributed by atoms with van der Waals surface area (Å²) >= 11 is 0. The molecule has 3 heteroatoms. The zero-order chi connectivity index (χ0) is 7.94. The second-order valence-corrected chi connectivity index (χ2v) is 3.10. The fraction of sp³-hybridized carbons (Fsp3) is 0.545. The molecule has 0 bridgehead atoms. The van der Waals surface area contributed by atoms with Crippen molar-refractivity contribution in [2.24, 2.45) is 0 Å². The molecule has 0 heterocycles. The zero-order valence-corrected chi connectivity index (χ0v) is 12.6. The van der Waals surface area contributed by atoms with Crippen LogP contribution in [0, 0.1) is 0 Å². The van der Waals surface area contributed by atoms with Crippen LogP contribution in [0.1, 0.15) is 38.2 Å². The molecular weight excluding hydrogens is 294 g/mol. The van der Waals surface area contributed by atoms with Gasteiger partial charge in [-0.2, -0.15) is 23.8 Å². The molecule has 0 amide bonds. The molecule has 0 atom stereocenters. The number of aryl methyl sites for hydroxylation is 1. The van der Waals surface area contributed by atoms with Gasteiger partial charge in [0.1, 0.15) is 0 Å². The minimum Gasteiger partial charge on any atom is -1.00 e. The van der Waals surface area contributed by atoms with E-state index in [-0.39, 0.29) is 51.0 Å². The Balaban J connectivity index is -0.000000403. The van der Waals surface area contributed by atoms with Crippen LogP contribution in [0.3, 0.4) is 0 Å². The Morgan fingerprint density at radius 2 is 1.86 bits per heavy atom. The van der Waals surface area contributed by atoms with E-state index in [1.807, 2.05) is 0 Å². The van der Waals surface area contributed by atoms with E-state index in [1.165, 1.54) is 37.7 Å². The number of hydrogen-bond acceptors (Lipinski definition) is 0. The first-order valence-electron chi connectivity index (χ1n) is 4.64. The minimum atomic E-state index is 0. The van der Waals surface area contributed by atoms with Crippen LogP contribution in [0.15, 0.2) is 24.3 Å². The van der Waals surface area contributed by atoms with Crippen LogP contribution < -0.4 is 24.8 Å². The van der Waals surface area contributed by atoms with Crippen molar-refractivity contribution in [3.8, 4) is 0 Å². The smallest absolute Gasteiger partial charge is 1.00 e. The molecule has 0 aliphatic carbocycles. The van der Waals surface area contributed by atoms with E-state index in [9.17, 15) is 0 Å². The summed E-state index contributed by atoms with van der Waals surface area (Å²) < 4.78 is 0. The van der Waals surface area contributed by atoms with Crippen LogP contribution in [-0.4, -0.2) is 0 Å². The van der Waals surface area contributed by atoms with E-state index in [2.05, 4.69) is 31.2 Å². The molecule has 0 spiro atoms. The average Bonchev–Trinajstić information content (AvgIpc) is 2.50. The molecule has 79 valence electrons. The molecule has 1 aromatic carbocycles. The van der Waals surface area contributed by atoms with Crippen molar-refractivity contribution in [1.82, 2.24) is 0 Å². The fourth-order valence-electron chi connectivity index (χ4n) is 1.34. The van der Waals surface area contributed by atoms with E-state index >= 15 is 0 Å². The Morgan fingerprint density at radius 3 is 2.36 bits per heavy atom. The number of hydrogen-bond donors (Lipinski definition) is 0. The second kappa shape index (κ2) is 13.8. The number of unbranched alkanes of at least 4 members (excludes halogenated alkanes) is 3. The van der Waals surface area contributed by atoms with Crippen LogP contribution in [0.4, 0.5) is 0 Å². The van der Waals surface area contributed by atoms with Crippen LogP contribution in [0.25, 0.3) is 0 Å². The standard InChI is InChI=1S/C11H17.2ClH.Zr/c1-2-3-4-5-8-11-9-6-7-10-11;;;/h6-7,9-10H,2-5,8H2,1H3;2*1H;/q-1;;;+3/p-2. The fourth-order valence-corrected chi connectivity index (χ4v) is 1.34. The van der Waals surface area contributed by atoms with Crippen LogP contribution in [0.2, 0.25) is 0 Å². The average molecular weight is 311 g/mol. The van der Waals surface area contributed by atoms with Crippen molar-refractivity contribution in [3.05, 3.63) is 29.8 Å². The molecule has 0 fully saturated rings. The Hall–Kier alpha value is 0.813. The first kappa shape index (κ1) is 20.3. The summed E-state index contributed by atoms with van der Waals surface area (Å²) in [6.45, 7) is 2.25. The van der Waals surface area contributed by atoms with Crippen LogP contribution in [-0.2, 0) is 32.6 Å². The van der Waals surface area contributed by atoms with Crippen molar-refractivity contribution in [3.63, 3.8) is 0 Å². The van der Waals surface area contributed by atoms with Crippen LogP contribution in [0.5, 0.6) is 0 Å². The summed E-state index contributed by atoms with van der Waals surface area (Å²) in [7, 11) is 0. The summed E-state index contributed by atoms with van der Waals surface area (Å²) in [5.74, 6) is 0. The van der Waals surface area contributed by atoms with Gasteiger partial charge in [-0.25, -0.2) is 6.07 Å². The molecule has 1 rings (SSSR count). The van der Waals surface area contributed by atoms with Gasteiger partial charge in [0.25, 0.3) is 0 Å². The third-order valence-corrected chi connectivity index (χ3v) is 2.05. The van der Waals surface area contributed by atoms with E-state index in [4.69, 9.17) is 0 Å². The van der Waals surface area contributed by atoms with Crippen LogP contribution >= 0.6 is 0 Å². The second-order valence-electron chi connectivity index (χ2n) is 3.10.